The van der Waals surface area contributed by atoms with Gasteiger partial charge in [0.15, 0.2) is 5.71 Å². The van der Waals surface area contributed by atoms with Crippen LogP contribution in [0, 0.1) is 0 Å². The zero-order valence-corrected chi connectivity index (χ0v) is 21.5. The van der Waals surface area contributed by atoms with E-state index in [1.54, 1.807) is 0 Å². The summed E-state index contributed by atoms with van der Waals surface area (Å²) in [6.07, 6.45) is 0.416. The molecule has 4 N–H and O–H groups in total. The molecule has 2 aromatic heterocycles. The van der Waals surface area contributed by atoms with E-state index in [-0.39, 0.29) is 39.6 Å². The Labute approximate surface area is 227 Å². The lowest BCUT2D eigenvalue weighted by molar-refractivity contribution is -0.150. The Balaban J connectivity index is 1.49. The molecule has 4 rings (SSSR count). The first-order chi connectivity index (χ1) is 18.7. The highest BCUT2D eigenvalue weighted by Gasteiger charge is 2.54. The number of carbonyl (C=O) groups excluding carboxylic acids is 3. The van der Waals surface area contributed by atoms with Crippen molar-refractivity contribution in [1.29, 1.82) is 0 Å². The molecule has 2 aliphatic heterocycles. The molecule has 17 nitrogen and oxygen atoms in total. The molecule has 2 aliphatic rings. The molecule has 0 radical (unpaired) electrons. The molecule has 0 spiro atoms. The van der Waals surface area contributed by atoms with E-state index in [0.29, 0.717) is 12.0 Å². The minimum absolute atomic E-state index is 0.0665. The monoisotopic (exact) mass is 577 g/mol. The molecule has 204 valence electrons. The molecule has 2 aromatic rings. The number of nitrogens with zero attached hydrogens (tertiary/aromatic N) is 7. The molecule has 1 saturated heterocycles. The summed E-state index contributed by atoms with van der Waals surface area (Å²) in [6, 6.07) is 3.43. The van der Waals surface area contributed by atoms with Gasteiger partial charge in [0.1, 0.15) is 42.3 Å². The van der Waals surface area contributed by atoms with Crippen molar-refractivity contribution in [3.63, 3.8) is 0 Å². The van der Waals surface area contributed by atoms with Crippen molar-refractivity contribution < 1.29 is 39.0 Å². The summed E-state index contributed by atoms with van der Waals surface area (Å²) in [5.74, 6) is -3.45. The number of tetrazole rings is 1. The zero-order valence-electron chi connectivity index (χ0n) is 19.9. The molecule has 0 aliphatic carbocycles. The number of carboxylic acid groups (broad SMARTS) is 2. The summed E-state index contributed by atoms with van der Waals surface area (Å²) in [5, 5.41) is 37.7. The maximum absolute atomic E-state index is 13.0. The number of carboxylic acids is 2. The summed E-state index contributed by atoms with van der Waals surface area (Å²) >= 11 is 2.28. The predicted octanol–water partition coefficient (Wildman–Crippen LogP) is -1.40. The number of aliphatic carboxylic acids is 2. The molecular weight excluding hydrogens is 558 g/mol. The van der Waals surface area contributed by atoms with Gasteiger partial charge in [0.2, 0.25) is 11.6 Å². The summed E-state index contributed by atoms with van der Waals surface area (Å²) in [7, 11) is 1.22. The van der Waals surface area contributed by atoms with Crippen LogP contribution in [-0.2, 0) is 35.4 Å². The average Bonchev–Trinajstić information content (AvgIpc) is 3.34. The standard InChI is InChI=1S/C20H19N9O8S2/c1-37-25-13(10-3-2-4-11(22-10)21-8-30)16(33)23-14-17(34)29-15(19(35)36)9(6-38-18(14)29)7-39-20-24-26-27-28(20)5-12(31)32/h2-4,8,14,18H,5-7H2,1H3,(H,23,33)(H,31,32)(H,35,36)(H,21,22,30)/t14?,18-/m0/s1. The number of amides is 3. The van der Waals surface area contributed by atoms with Gasteiger partial charge in [0, 0.05) is 11.5 Å². The van der Waals surface area contributed by atoms with Gasteiger partial charge in [0.25, 0.3) is 11.8 Å². The SMILES string of the molecule is CON=C(C(=O)NC1C(=O)N2C(C(=O)O)=C(CSc3nnnn3CC(=O)O)CS[C@@H]12)c1cccc(NC=O)n1. The van der Waals surface area contributed by atoms with E-state index >= 15 is 0 Å². The Morgan fingerprint density at radius 3 is 2.82 bits per heavy atom. The zero-order chi connectivity index (χ0) is 28.1. The first-order valence-corrected chi connectivity index (χ1v) is 12.9. The van der Waals surface area contributed by atoms with Gasteiger partial charge in [-0.2, -0.15) is 0 Å². The Bertz CT molecular complexity index is 1390. The molecule has 0 saturated carbocycles. The lowest BCUT2D eigenvalue weighted by Gasteiger charge is -2.49. The highest BCUT2D eigenvalue weighted by atomic mass is 32.2. The molecule has 0 aromatic carbocycles. The molecule has 3 amide bonds. The van der Waals surface area contributed by atoms with Crippen LogP contribution in [-0.4, -0.2) is 106 Å². The van der Waals surface area contributed by atoms with Gasteiger partial charge in [-0.15, -0.1) is 16.9 Å². The second-order valence-corrected chi connectivity index (χ2v) is 9.76. The molecular formula is C20H19N9O8S2. The van der Waals surface area contributed by atoms with E-state index in [9.17, 15) is 29.1 Å². The normalized spacial score (nSPS) is 18.6. The van der Waals surface area contributed by atoms with Crippen molar-refractivity contribution in [2.75, 3.05) is 23.9 Å². The maximum atomic E-state index is 13.0. The highest BCUT2D eigenvalue weighted by Crippen LogP contribution is 2.41. The summed E-state index contributed by atoms with van der Waals surface area (Å²) in [4.78, 5) is 69.8. The van der Waals surface area contributed by atoms with E-state index < -0.39 is 41.7 Å². The summed E-state index contributed by atoms with van der Waals surface area (Å²) in [6.45, 7) is -0.468. The van der Waals surface area contributed by atoms with Gasteiger partial charge in [-0.25, -0.2) is 14.5 Å². The average molecular weight is 578 g/mol. The van der Waals surface area contributed by atoms with Crippen LogP contribution < -0.4 is 10.6 Å². The fourth-order valence-electron chi connectivity index (χ4n) is 3.69. The highest BCUT2D eigenvalue weighted by molar-refractivity contribution is 8.01. The van der Waals surface area contributed by atoms with Crippen LogP contribution in [0.1, 0.15) is 5.69 Å². The molecule has 4 heterocycles. The van der Waals surface area contributed by atoms with Crippen LogP contribution in [0.4, 0.5) is 5.82 Å². The number of β-lactam (4-membered cyclic amide) rings is 1. The second-order valence-electron chi connectivity index (χ2n) is 7.71. The molecule has 2 atom stereocenters. The van der Waals surface area contributed by atoms with Gasteiger partial charge in [-0.3, -0.25) is 24.1 Å². The second kappa shape index (κ2) is 11.9. The smallest absolute Gasteiger partial charge is 0.352 e. The van der Waals surface area contributed by atoms with Crippen LogP contribution in [0.3, 0.4) is 0 Å². The summed E-state index contributed by atoms with van der Waals surface area (Å²) < 4.78 is 1.06. The third kappa shape index (κ3) is 5.82. The Morgan fingerprint density at radius 2 is 2.13 bits per heavy atom. The van der Waals surface area contributed by atoms with Gasteiger partial charge < -0.3 is 25.7 Å². The third-order valence-electron chi connectivity index (χ3n) is 5.29. The lowest BCUT2D eigenvalue weighted by atomic mass is 10.0. The van der Waals surface area contributed by atoms with E-state index in [4.69, 9.17) is 9.94 Å². The van der Waals surface area contributed by atoms with Crippen molar-refractivity contribution in [3.05, 3.63) is 35.2 Å². The molecule has 39 heavy (non-hydrogen) atoms. The first-order valence-electron chi connectivity index (χ1n) is 10.9. The number of oxime groups is 1. The fourth-order valence-corrected chi connectivity index (χ4v) is 6.05. The van der Waals surface area contributed by atoms with E-state index in [2.05, 4.69) is 36.3 Å². The number of aromatic nitrogens is 5. The number of rotatable bonds is 12. The number of hydrogen-bond acceptors (Lipinski definition) is 13. The maximum Gasteiger partial charge on any atom is 0.352 e. The summed E-state index contributed by atoms with van der Waals surface area (Å²) in [5.41, 5.74) is -0.0118. The van der Waals surface area contributed by atoms with Crippen molar-refractivity contribution in [1.82, 2.24) is 35.4 Å². The van der Waals surface area contributed by atoms with Crippen LogP contribution in [0.2, 0.25) is 0 Å². The van der Waals surface area contributed by atoms with Crippen molar-refractivity contribution in [3.8, 4) is 0 Å². The van der Waals surface area contributed by atoms with E-state index in [1.807, 2.05) is 0 Å². The Kier molecular flexibility index (Phi) is 8.39. The first kappa shape index (κ1) is 27.5. The minimum atomic E-state index is -1.33. The Morgan fingerprint density at radius 1 is 1.33 bits per heavy atom. The van der Waals surface area contributed by atoms with Crippen molar-refractivity contribution >= 4 is 65.2 Å². The number of pyridine rings is 1. The van der Waals surface area contributed by atoms with Gasteiger partial charge in [-0.1, -0.05) is 23.0 Å². The van der Waals surface area contributed by atoms with Crippen molar-refractivity contribution in [2.45, 2.75) is 23.1 Å². The molecule has 19 heteroatoms. The number of hydrogen-bond donors (Lipinski definition) is 4. The topological polar surface area (TPSA) is 231 Å². The number of nitrogens with one attached hydrogen (secondary N) is 2. The number of thioether (sulfide) groups is 2. The lowest BCUT2D eigenvalue weighted by Crippen LogP contribution is -2.71. The van der Waals surface area contributed by atoms with Gasteiger partial charge in [0.05, 0.1) is 0 Å². The number of anilines is 1. The van der Waals surface area contributed by atoms with Gasteiger partial charge >= 0.3 is 11.9 Å². The largest absolute Gasteiger partial charge is 0.480 e. The Hall–Kier alpha value is -4.52. The fraction of sp³-hybridized carbons (Fsp3) is 0.300. The van der Waals surface area contributed by atoms with E-state index in [1.165, 1.54) is 37.1 Å². The molecule has 1 unspecified atom stereocenters. The third-order valence-corrected chi connectivity index (χ3v) is 7.68. The number of fused-ring (bicyclic) bond motifs is 1. The molecule has 1 fully saturated rings. The number of carbonyl (C=O) groups is 5. The van der Waals surface area contributed by atoms with Crippen LogP contribution >= 0.6 is 23.5 Å². The van der Waals surface area contributed by atoms with Gasteiger partial charge in [-0.05, 0) is 28.1 Å². The molecule has 0 bridgehead atoms. The van der Waals surface area contributed by atoms with Crippen molar-refractivity contribution in [2.24, 2.45) is 5.16 Å². The minimum Gasteiger partial charge on any atom is -0.480 e. The van der Waals surface area contributed by atoms with Crippen LogP contribution in [0.25, 0.3) is 0 Å². The van der Waals surface area contributed by atoms with Crippen LogP contribution in [0.15, 0.2) is 39.8 Å². The predicted molar refractivity (Wildman–Crippen MR) is 133 cm³/mol. The quantitative estimate of drug-likeness (QED) is 0.0747. The van der Waals surface area contributed by atoms with E-state index in [0.717, 1.165) is 21.3 Å². The van der Waals surface area contributed by atoms with Crippen LogP contribution in [0.5, 0.6) is 0 Å².